The molecule has 13 nitrogen and oxygen atoms in total. The van der Waals surface area contributed by atoms with Gasteiger partial charge in [0.2, 0.25) is 0 Å². The van der Waals surface area contributed by atoms with E-state index >= 15 is 0 Å². The van der Waals surface area contributed by atoms with E-state index in [1.165, 1.54) is 0 Å². The Morgan fingerprint density at radius 3 is 1.73 bits per heavy atom. The topological polar surface area (TPSA) is 162 Å². The normalized spacial score (nSPS) is 16.5. The predicted octanol–water partition coefficient (Wildman–Crippen LogP) is 2.78. The summed E-state index contributed by atoms with van der Waals surface area (Å²) in [7, 11) is 0. The number of azide groups is 1. The monoisotopic (exact) mass is 605 g/mol. The van der Waals surface area contributed by atoms with Crippen LogP contribution < -0.4 is 0 Å². The molecule has 3 heterocycles. The van der Waals surface area contributed by atoms with Gasteiger partial charge in [-0.25, -0.2) is 4.98 Å². The van der Waals surface area contributed by atoms with E-state index in [2.05, 4.69) is 36.7 Å². The molecule has 1 fully saturated rings. The van der Waals surface area contributed by atoms with E-state index in [1.807, 2.05) is 60.9 Å². The SMILES string of the molecule is CC(C)(C)C#Cc1cccc(CN2CCN(CC(=O)O)CCN(Cc3cccc(CN=[N+]=[N-])n3)CCN(CC(=O)O)CC2)n1. The molecule has 0 amide bonds. The van der Waals surface area contributed by atoms with Crippen molar-refractivity contribution in [2.75, 3.05) is 65.4 Å². The van der Waals surface area contributed by atoms with E-state index in [0.717, 1.165) is 11.4 Å². The van der Waals surface area contributed by atoms with Crippen LogP contribution in [0.25, 0.3) is 10.4 Å². The minimum atomic E-state index is -0.887. The van der Waals surface area contributed by atoms with Gasteiger partial charge in [0.15, 0.2) is 0 Å². The van der Waals surface area contributed by atoms with E-state index in [4.69, 9.17) is 10.5 Å². The third-order valence-corrected chi connectivity index (χ3v) is 6.95. The molecule has 0 saturated carbocycles. The molecular weight excluding hydrogens is 562 g/mol. The Kier molecular flexibility index (Phi) is 13.5. The second kappa shape index (κ2) is 17.3. The van der Waals surface area contributed by atoms with Crippen LogP contribution in [0, 0.1) is 17.3 Å². The maximum Gasteiger partial charge on any atom is 0.317 e. The van der Waals surface area contributed by atoms with E-state index in [0.29, 0.717) is 76.8 Å². The number of carbonyl (C=O) groups is 2. The summed E-state index contributed by atoms with van der Waals surface area (Å²) in [5.74, 6) is 4.60. The van der Waals surface area contributed by atoms with Crippen molar-refractivity contribution >= 4 is 11.9 Å². The highest BCUT2D eigenvalue weighted by atomic mass is 16.4. The van der Waals surface area contributed by atoms with Crippen LogP contribution in [0.3, 0.4) is 0 Å². The number of rotatable bonds is 10. The fraction of sp³-hybridized carbons (Fsp3) is 0.548. The van der Waals surface area contributed by atoms with Gasteiger partial charge in [-0.2, -0.15) is 0 Å². The Morgan fingerprint density at radius 2 is 1.25 bits per heavy atom. The average Bonchev–Trinajstić information content (AvgIpc) is 2.96. The van der Waals surface area contributed by atoms with Crippen molar-refractivity contribution in [1.82, 2.24) is 29.6 Å². The molecule has 3 rings (SSSR count). The Hall–Kier alpha value is -4.05. The Bertz CT molecular complexity index is 1330. The highest BCUT2D eigenvalue weighted by molar-refractivity contribution is 5.69. The third-order valence-electron chi connectivity index (χ3n) is 6.95. The lowest BCUT2D eigenvalue weighted by molar-refractivity contribution is -0.139. The lowest BCUT2D eigenvalue weighted by Crippen LogP contribution is -2.47. The van der Waals surface area contributed by atoms with E-state index in [9.17, 15) is 19.8 Å². The average molecular weight is 606 g/mol. The Labute approximate surface area is 259 Å². The van der Waals surface area contributed by atoms with E-state index < -0.39 is 11.9 Å². The van der Waals surface area contributed by atoms with Crippen LogP contribution in [-0.4, -0.2) is 117 Å². The highest BCUT2D eigenvalue weighted by Crippen LogP contribution is 2.12. The molecule has 1 aliphatic rings. The van der Waals surface area contributed by atoms with E-state index in [-0.39, 0.29) is 25.0 Å². The van der Waals surface area contributed by atoms with Gasteiger partial charge in [-0.15, -0.1) is 0 Å². The largest absolute Gasteiger partial charge is 0.480 e. The van der Waals surface area contributed by atoms with Gasteiger partial charge >= 0.3 is 11.9 Å². The number of carboxylic acid groups (broad SMARTS) is 2. The first kappa shape index (κ1) is 34.4. The van der Waals surface area contributed by atoms with Crippen LogP contribution in [0.2, 0.25) is 0 Å². The first-order valence-corrected chi connectivity index (χ1v) is 14.8. The van der Waals surface area contributed by atoms with Gasteiger partial charge in [0, 0.05) is 81.5 Å². The van der Waals surface area contributed by atoms with Crippen LogP contribution in [0.15, 0.2) is 41.5 Å². The van der Waals surface area contributed by atoms with Crippen molar-refractivity contribution in [3.8, 4) is 11.8 Å². The molecule has 1 saturated heterocycles. The van der Waals surface area contributed by atoms with Crippen molar-refractivity contribution in [2.24, 2.45) is 10.5 Å². The molecule has 0 bridgehead atoms. The van der Waals surface area contributed by atoms with Crippen LogP contribution in [0.1, 0.15) is 43.5 Å². The smallest absolute Gasteiger partial charge is 0.317 e. The fourth-order valence-corrected chi connectivity index (χ4v) is 4.75. The van der Waals surface area contributed by atoms with Gasteiger partial charge in [0.25, 0.3) is 0 Å². The minimum Gasteiger partial charge on any atom is -0.480 e. The molecule has 2 aromatic rings. The molecule has 0 atom stereocenters. The molecule has 44 heavy (non-hydrogen) atoms. The van der Waals surface area contributed by atoms with Gasteiger partial charge in [-0.3, -0.25) is 34.2 Å². The quantitative estimate of drug-likeness (QED) is 0.178. The standard InChI is InChI=1S/C31H43N9O4/c1-31(2,3)11-10-25-6-4-8-27(34-25)21-37-12-16-39(23-29(41)42)18-14-38(15-19-40(17-13-37)24-30(43)44)22-28-9-5-7-26(35-28)20-33-36-32/h4-9H,12-24H2,1-3H3,(H,41,42)(H,43,44). The zero-order chi connectivity index (χ0) is 32.0. The van der Waals surface area contributed by atoms with Crippen molar-refractivity contribution in [3.63, 3.8) is 0 Å². The maximum atomic E-state index is 11.7. The molecule has 0 radical (unpaired) electrons. The van der Waals surface area contributed by atoms with Gasteiger partial charge < -0.3 is 10.2 Å². The zero-order valence-corrected chi connectivity index (χ0v) is 25.9. The van der Waals surface area contributed by atoms with Crippen LogP contribution in [0.5, 0.6) is 0 Å². The molecule has 1 aliphatic heterocycles. The lowest BCUT2D eigenvalue weighted by Gasteiger charge is -2.33. The third kappa shape index (κ3) is 13.5. The van der Waals surface area contributed by atoms with Crippen LogP contribution in [-0.2, 0) is 29.2 Å². The maximum absolute atomic E-state index is 11.7. The number of aromatic nitrogens is 2. The minimum absolute atomic E-state index is 0.0805. The zero-order valence-electron chi connectivity index (χ0n) is 25.9. The summed E-state index contributed by atoms with van der Waals surface area (Å²) in [6, 6.07) is 11.3. The number of aliphatic carboxylic acids is 2. The van der Waals surface area contributed by atoms with Crippen LogP contribution in [0.4, 0.5) is 0 Å². The summed E-state index contributed by atoms with van der Waals surface area (Å²) in [6.45, 7) is 11.6. The summed E-state index contributed by atoms with van der Waals surface area (Å²) >= 11 is 0. The molecular formula is C31H43N9O4. The Morgan fingerprint density at radius 1 is 0.795 bits per heavy atom. The number of carboxylic acids is 2. The summed E-state index contributed by atoms with van der Waals surface area (Å²) in [6.07, 6.45) is 0. The van der Waals surface area contributed by atoms with Crippen molar-refractivity contribution in [3.05, 3.63) is 69.6 Å². The molecule has 2 aromatic heterocycles. The first-order chi connectivity index (χ1) is 21.0. The predicted molar refractivity (Wildman–Crippen MR) is 166 cm³/mol. The highest BCUT2D eigenvalue weighted by Gasteiger charge is 2.20. The van der Waals surface area contributed by atoms with Crippen LogP contribution >= 0.6 is 0 Å². The summed E-state index contributed by atoms with van der Waals surface area (Å²) in [5, 5.41) is 22.8. The molecule has 0 aromatic carbocycles. The second-order valence-corrected chi connectivity index (χ2v) is 11.9. The van der Waals surface area contributed by atoms with Crippen molar-refractivity contribution < 1.29 is 19.8 Å². The Balaban J connectivity index is 1.78. The summed E-state index contributed by atoms with van der Waals surface area (Å²) < 4.78 is 0. The number of nitrogens with zero attached hydrogens (tertiary/aromatic N) is 9. The first-order valence-electron chi connectivity index (χ1n) is 14.8. The molecule has 13 heteroatoms. The molecule has 236 valence electrons. The molecule has 0 spiro atoms. The summed E-state index contributed by atoms with van der Waals surface area (Å²) in [5.41, 5.74) is 11.5. The van der Waals surface area contributed by atoms with Gasteiger partial charge in [0.05, 0.1) is 31.0 Å². The van der Waals surface area contributed by atoms with E-state index in [1.54, 1.807) is 6.07 Å². The van der Waals surface area contributed by atoms with Gasteiger partial charge in [-0.05, 0) is 56.5 Å². The van der Waals surface area contributed by atoms with Crippen molar-refractivity contribution in [2.45, 2.75) is 40.4 Å². The number of hydrogen-bond donors (Lipinski definition) is 2. The molecule has 2 N–H and O–H groups in total. The van der Waals surface area contributed by atoms with Gasteiger partial charge in [-0.1, -0.05) is 23.2 Å². The molecule has 0 aliphatic carbocycles. The van der Waals surface area contributed by atoms with Crippen molar-refractivity contribution in [1.29, 1.82) is 0 Å². The molecule has 0 unspecified atom stereocenters. The number of hydrogen-bond acceptors (Lipinski definition) is 9. The lowest BCUT2D eigenvalue weighted by atomic mass is 9.98. The summed E-state index contributed by atoms with van der Waals surface area (Å²) in [4.78, 5) is 43.8. The second-order valence-electron chi connectivity index (χ2n) is 11.9. The number of pyridine rings is 2. The fourth-order valence-electron chi connectivity index (χ4n) is 4.75. The van der Waals surface area contributed by atoms with Gasteiger partial charge in [0.1, 0.15) is 5.69 Å².